The van der Waals surface area contributed by atoms with Crippen molar-refractivity contribution < 1.29 is 19.1 Å². The van der Waals surface area contributed by atoms with Gasteiger partial charge in [0.2, 0.25) is 6.79 Å². The van der Waals surface area contributed by atoms with Crippen LogP contribution in [0.25, 0.3) is 0 Å². The fraction of sp³-hybridized carbons (Fsp3) is 0.0476. The highest BCUT2D eigenvalue weighted by molar-refractivity contribution is 6.15. The Bertz CT molecular complexity index is 968. The van der Waals surface area contributed by atoms with E-state index in [-0.39, 0.29) is 18.5 Å². The number of carbonyl (C=O) groups is 2. The van der Waals surface area contributed by atoms with Crippen molar-refractivity contribution in [1.29, 1.82) is 0 Å². The van der Waals surface area contributed by atoms with Gasteiger partial charge in [-0.15, -0.1) is 0 Å². The smallest absolute Gasteiger partial charge is 0.255 e. The highest BCUT2D eigenvalue weighted by Crippen LogP contribution is 2.38. The van der Waals surface area contributed by atoms with Crippen LogP contribution in [0, 0.1) is 0 Å². The zero-order valence-corrected chi connectivity index (χ0v) is 13.8. The molecule has 0 spiro atoms. The third-order valence-electron chi connectivity index (χ3n) is 4.08. The highest BCUT2D eigenvalue weighted by Gasteiger charge is 2.23. The largest absolute Gasteiger partial charge is 0.454 e. The molecule has 1 aliphatic rings. The summed E-state index contributed by atoms with van der Waals surface area (Å²) in [5, 5.41) is 2.81. The molecule has 0 unspecified atom stereocenters. The molecule has 5 nitrogen and oxygen atoms in total. The average molecular weight is 345 g/mol. The average Bonchev–Trinajstić information content (AvgIpc) is 3.15. The van der Waals surface area contributed by atoms with Gasteiger partial charge in [0.15, 0.2) is 17.3 Å². The molecule has 0 aliphatic carbocycles. The van der Waals surface area contributed by atoms with E-state index in [9.17, 15) is 9.59 Å². The third kappa shape index (κ3) is 3.02. The summed E-state index contributed by atoms with van der Waals surface area (Å²) in [7, 11) is 0. The maximum Gasteiger partial charge on any atom is 0.255 e. The minimum Gasteiger partial charge on any atom is -0.454 e. The molecule has 1 aliphatic heterocycles. The molecule has 1 heterocycles. The zero-order valence-electron chi connectivity index (χ0n) is 13.8. The Morgan fingerprint density at radius 3 is 2.00 bits per heavy atom. The molecule has 5 heteroatoms. The Balaban J connectivity index is 1.73. The van der Waals surface area contributed by atoms with Crippen molar-refractivity contribution >= 4 is 17.4 Å². The second-order valence-electron chi connectivity index (χ2n) is 5.77. The standard InChI is InChI=1S/C21H15NO4/c23-20(14-7-3-1-4-8-14)16-11-18-19(26-13-25-18)12-17(16)22-21(24)15-9-5-2-6-10-15/h1-12H,13H2,(H,22,24). The Morgan fingerprint density at radius 2 is 1.35 bits per heavy atom. The van der Waals surface area contributed by atoms with Crippen LogP contribution in [0.1, 0.15) is 26.3 Å². The number of benzene rings is 3. The van der Waals surface area contributed by atoms with E-state index >= 15 is 0 Å². The lowest BCUT2D eigenvalue weighted by atomic mass is 10.0. The molecule has 0 bridgehead atoms. The number of ketones is 1. The van der Waals surface area contributed by atoms with Gasteiger partial charge in [0, 0.05) is 17.2 Å². The van der Waals surface area contributed by atoms with Crippen LogP contribution in [0.3, 0.4) is 0 Å². The zero-order chi connectivity index (χ0) is 17.9. The first kappa shape index (κ1) is 15.9. The van der Waals surface area contributed by atoms with E-state index in [0.29, 0.717) is 33.9 Å². The number of amides is 1. The fourth-order valence-corrected chi connectivity index (χ4v) is 2.76. The molecule has 0 fully saturated rings. The number of carbonyl (C=O) groups excluding carboxylic acids is 2. The fourth-order valence-electron chi connectivity index (χ4n) is 2.76. The summed E-state index contributed by atoms with van der Waals surface area (Å²) in [5.74, 6) is 0.485. The molecule has 0 saturated carbocycles. The number of anilines is 1. The number of rotatable bonds is 4. The van der Waals surface area contributed by atoms with E-state index in [4.69, 9.17) is 9.47 Å². The molecule has 1 N–H and O–H groups in total. The number of ether oxygens (including phenoxy) is 2. The predicted octanol–water partition coefficient (Wildman–Crippen LogP) is 3.90. The highest BCUT2D eigenvalue weighted by atomic mass is 16.7. The van der Waals surface area contributed by atoms with Gasteiger partial charge in [-0.05, 0) is 18.2 Å². The first-order valence-electron chi connectivity index (χ1n) is 8.12. The summed E-state index contributed by atoms with van der Waals surface area (Å²) >= 11 is 0. The van der Waals surface area contributed by atoms with Gasteiger partial charge < -0.3 is 14.8 Å². The Hall–Kier alpha value is -3.60. The van der Waals surface area contributed by atoms with Gasteiger partial charge in [-0.1, -0.05) is 48.5 Å². The Labute approximate surface area is 150 Å². The van der Waals surface area contributed by atoms with Gasteiger partial charge in [0.05, 0.1) is 11.3 Å². The van der Waals surface area contributed by atoms with Gasteiger partial charge >= 0.3 is 0 Å². The lowest BCUT2D eigenvalue weighted by Crippen LogP contribution is -2.15. The molecule has 1 amide bonds. The summed E-state index contributed by atoms with van der Waals surface area (Å²) in [6.45, 7) is 0.0877. The molecule has 3 aromatic rings. The van der Waals surface area contributed by atoms with E-state index in [2.05, 4.69) is 5.32 Å². The van der Waals surface area contributed by atoms with Crippen molar-refractivity contribution in [2.45, 2.75) is 0 Å². The molecule has 3 aromatic carbocycles. The molecule has 0 radical (unpaired) electrons. The minimum absolute atomic E-state index is 0.0877. The van der Waals surface area contributed by atoms with Crippen LogP contribution >= 0.6 is 0 Å². The number of nitrogens with one attached hydrogen (secondary N) is 1. The van der Waals surface area contributed by atoms with Crippen LogP contribution < -0.4 is 14.8 Å². The van der Waals surface area contributed by atoms with E-state index in [1.807, 2.05) is 12.1 Å². The normalized spacial score (nSPS) is 11.8. The monoisotopic (exact) mass is 345 g/mol. The third-order valence-corrected chi connectivity index (χ3v) is 4.08. The number of hydrogen-bond donors (Lipinski definition) is 1. The van der Waals surface area contributed by atoms with E-state index in [0.717, 1.165) is 0 Å². The molecule has 0 atom stereocenters. The lowest BCUT2D eigenvalue weighted by molar-refractivity contribution is 0.102. The summed E-state index contributed by atoms with van der Waals surface area (Å²) < 4.78 is 10.8. The molecular formula is C21H15NO4. The maximum absolute atomic E-state index is 12.9. The summed E-state index contributed by atoms with van der Waals surface area (Å²) in [6.07, 6.45) is 0. The first-order chi connectivity index (χ1) is 12.7. The van der Waals surface area contributed by atoms with E-state index in [1.165, 1.54) is 0 Å². The second kappa shape index (κ2) is 6.72. The van der Waals surface area contributed by atoms with Crippen molar-refractivity contribution in [1.82, 2.24) is 0 Å². The van der Waals surface area contributed by atoms with Crippen LogP contribution in [0.5, 0.6) is 11.5 Å². The van der Waals surface area contributed by atoms with Crippen molar-refractivity contribution in [3.05, 3.63) is 89.5 Å². The maximum atomic E-state index is 12.9. The van der Waals surface area contributed by atoms with Crippen LogP contribution in [0.2, 0.25) is 0 Å². The molecule has 0 aromatic heterocycles. The van der Waals surface area contributed by atoms with Crippen LogP contribution in [-0.2, 0) is 0 Å². The first-order valence-corrected chi connectivity index (χ1v) is 8.12. The molecule has 4 rings (SSSR count). The quantitative estimate of drug-likeness (QED) is 0.729. The second-order valence-corrected chi connectivity index (χ2v) is 5.77. The summed E-state index contributed by atoms with van der Waals surface area (Å²) in [6, 6.07) is 20.9. The minimum atomic E-state index is -0.299. The van der Waals surface area contributed by atoms with Crippen molar-refractivity contribution in [3.63, 3.8) is 0 Å². The number of hydrogen-bond acceptors (Lipinski definition) is 4. The topological polar surface area (TPSA) is 64.6 Å². The summed E-state index contributed by atoms with van der Waals surface area (Å²) in [5.41, 5.74) is 1.77. The van der Waals surface area contributed by atoms with Gasteiger partial charge in [-0.25, -0.2) is 0 Å². The molecule has 128 valence electrons. The van der Waals surface area contributed by atoms with Crippen LogP contribution in [-0.4, -0.2) is 18.5 Å². The van der Waals surface area contributed by atoms with Crippen molar-refractivity contribution in [2.24, 2.45) is 0 Å². The van der Waals surface area contributed by atoms with Crippen LogP contribution in [0.15, 0.2) is 72.8 Å². The van der Waals surface area contributed by atoms with Crippen LogP contribution in [0.4, 0.5) is 5.69 Å². The number of fused-ring (bicyclic) bond motifs is 1. The van der Waals surface area contributed by atoms with E-state index < -0.39 is 0 Å². The van der Waals surface area contributed by atoms with Gasteiger partial charge in [-0.3, -0.25) is 9.59 Å². The van der Waals surface area contributed by atoms with Gasteiger partial charge in [-0.2, -0.15) is 0 Å². The van der Waals surface area contributed by atoms with Crippen molar-refractivity contribution in [2.75, 3.05) is 12.1 Å². The Morgan fingerprint density at radius 1 is 0.769 bits per heavy atom. The summed E-state index contributed by atoms with van der Waals surface area (Å²) in [4.78, 5) is 25.5. The molecular weight excluding hydrogens is 330 g/mol. The molecule has 26 heavy (non-hydrogen) atoms. The van der Waals surface area contributed by atoms with Gasteiger partial charge in [0.1, 0.15) is 0 Å². The predicted molar refractivity (Wildman–Crippen MR) is 96.8 cm³/mol. The van der Waals surface area contributed by atoms with E-state index in [1.54, 1.807) is 60.7 Å². The van der Waals surface area contributed by atoms with Gasteiger partial charge in [0.25, 0.3) is 5.91 Å². The Kier molecular flexibility index (Phi) is 4.11. The molecule has 0 saturated heterocycles. The SMILES string of the molecule is O=C(Nc1cc2c(cc1C(=O)c1ccccc1)OCO2)c1ccccc1. The lowest BCUT2D eigenvalue weighted by Gasteiger charge is -2.12. The van der Waals surface area contributed by atoms with Crippen molar-refractivity contribution in [3.8, 4) is 11.5 Å².